The van der Waals surface area contributed by atoms with Crippen LogP contribution in [0.4, 0.5) is 13.2 Å². The molecule has 0 amide bonds. The number of rotatable bonds is 7. The Morgan fingerprint density at radius 3 is 2.31 bits per heavy atom. The topological polar surface area (TPSA) is 26.3 Å². The number of hydrogen-bond donors (Lipinski definition) is 0. The van der Waals surface area contributed by atoms with Gasteiger partial charge in [0.1, 0.15) is 11.6 Å². The third-order valence-electron chi connectivity index (χ3n) is 8.65. The molecule has 1 aromatic carbocycles. The minimum Gasteiger partial charge on any atom is -0.423 e. The molecule has 3 aliphatic rings. The SMILES string of the molecule is CCCC1CCC(C2CC=C(OC(=O)C3CCC(c4ccc(CC)cc4F)CC3)C(F)=C2F)CC1. The van der Waals surface area contributed by atoms with Gasteiger partial charge in [0, 0.05) is 5.92 Å². The lowest BCUT2D eigenvalue weighted by Gasteiger charge is -2.34. The summed E-state index contributed by atoms with van der Waals surface area (Å²) < 4.78 is 49.7. The molecule has 2 fully saturated rings. The number of benzene rings is 1. The first-order chi connectivity index (χ1) is 16.9. The maximum Gasteiger partial charge on any atom is 0.314 e. The van der Waals surface area contributed by atoms with Crippen LogP contribution in [0, 0.1) is 29.5 Å². The van der Waals surface area contributed by atoms with Crippen molar-refractivity contribution in [3.63, 3.8) is 0 Å². The molecule has 1 unspecified atom stereocenters. The van der Waals surface area contributed by atoms with Crippen LogP contribution in [0.1, 0.15) is 102 Å². The van der Waals surface area contributed by atoms with Gasteiger partial charge in [-0.25, -0.2) is 8.78 Å². The molecule has 0 N–H and O–H groups in total. The lowest BCUT2D eigenvalue weighted by atomic mass is 9.72. The van der Waals surface area contributed by atoms with Gasteiger partial charge in [0.05, 0.1) is 5.92 Å². The maximum absolute atomic E-state index is 15.0. The second-order valence-corrected chi connectivity index (χ2v) is 10.8. The summed E-state index contributed by atoms with van der Waals surface area (Å²) in [6.45, 7) is 4.19. The Labute approximate surface area is 208 Å². The molecule has 35 heavy (non-hydrogen) atoms. The smallest absolute Gasteiger partial charge is 0.314 e. The zero-order chi connectivity index (χ0) is 24.9. The van der Waals surface area contributed by atoms with Crippen LogP contribution in [0.2, 0.25) is 0 Å². The standard InChI is InChI=1S/C30H39F3O2/c1-3-5-20-6-9-22(10-7-20)25-16-17-27(29(33)28(25)32)35-30(34)23-13-11-21(12-14-23)24-15-8-19(4-2)18-26(24)31/h8,15,17-18,20-23,25H,3-7,9-14,16H2,1-2H3. The van der Waals surface area contributed by atoms with Gasteiger partial charge in [-0.15, -0.1) is 0 Å². The zero-order valence-corrected chi connectivity index (χ0v) is 21.1. The van der Waals surface area contributed by atoms with Crippen molar-refractivity contribution in [3.05, 3.63) is 58.6 Å². The molecule has 5 heteroatoms. The second kappa shape index (κ2) is 11.8. The third-order valence-corrected chi connectivity index (χ3v) is 8.65. The monoisotopic (exact) mass is 488 g/mol. The van der Waals surface area contributed by atoms with Gasteiger partial charge in [-0.3, -0.25) is 4.79 Å². The van der Waals surface area contributed by atoms with Gasteiger partial charge >= 0.3 is 5.97 Å². The van der Waals surface area contributed by atoms with Crippen LogP contribution in [0.15, 0.2) is 41.7 Å². The number of allylic oxidation sites excluding steroid dienone is 3. The van der Waals surface area contributed by atoms with Crippen molar-refractivity contribution in [2.75, 3.05) is 0 Å². The third kappa shape index (κ3) is 6.03. The van der Waals surface area contributed by atoms with Gasteiger partial charge in [0.25, 0.3) is 0 Å². The van der Waals surface area contributed by atoms with E-state index in [9.17, 15) is 18.0 Å². The summed E-state index contributed by atoms with van der Waals surface area (Å²) in [5.74, 6) is -2.56. The fourth-order valence-corrected chi connectivity index (χ4v) is 6.43. The van der Waals surface area contributed by atoms with E-state index in [0.717, 1.165) is 37.7 Å². The van der Waals surface area contributed by atoms with E-state index in [4.69, 9.17) is 4.74 Å². The Hall–Kier alpha value is -2.04. The van der Waals surface area contributed by atoms with Crippen molar-refractivity contribution in [1.82, 2.24) is 0 Å². The van der Waals surface area contributed by atoms with Crippen molar-refractivity contribution >= 4 is 5.97 Å². The van der Waals surface area contributed by atoms with Crippen molar-refractivity contribution in [2.24, 2.45) is 23.7 Å². The zero-order valence-electron chi connectivity index (χ0n) is 21.1. The predicted molar refractivity (Wildman–Crippen MR) is 132 cm³/mol. The van der Waals surface area contributed by atoms with E-state index in [1.807, 2.05) is 19.1 Å². The molecule has 0 aliphatic heterocycles. The van der Waals surface area contributed by atoms with Crippen LogP contribution in [-0.2, 0) is 16.0 Å². The highest BCUT2D eigenvalue weighted by Gasteiger charge is 2.36. The van der Waals surface area contributed by atoms with Gasteiger partial charge in [0.15, 0.2) is 11.6 Å². The minimum atomic E-state index is -1.00. The van der Waals surface area contributed by atoms with Gasteiger partial charge < -0.3 is 4.74 Å². The Morgan fingerprint density at radius 1 is 0.971 bits per heavy atom. The van der Waals surface area contributed by atoms with Crippen molar-refractivity contribution < 1.29 is 22.7 Å². The Morgan fingerprint density at radius 2 is 1.69 bits per heavy atom. The number of carbonyl (C=O) groups is 1. The number of esters is 1. The molecule has 2 nitrogen and oxygen atoms in total. The summed E-state index contributed by atoms with van der Waals surface area (Å²) in [4.78, 5) is 12.7. The van der Waals surface area contributed by atoms with E-state index in [1.165, 1.54) is 12.8 Å². The Kier molecular flexibility index (Phi) is 8.77. The lowest BCUT2D eigenvalue weighted by Crippen LogP contribution is -2.26. The molecule has 0 radical (unpaired) electrons. The molecule has 0 spiro atoms. The summed E-state index contributed by atoms with van der Waals surface area (Å²) in [5.41, 5.74) is 1.67. The van der Waals surface area contributed by atoms with Crippen LogP contribution in [0.25, 0.3) is 0 Å². The van der Waals surface area contributed by atoms with Gasteiger partial charge in [-0.1, -0.05) is 51.7 Å². The number of hydrogen-bond acceptors (Lipinski definition) is 2. The van der Waals surface area contributed by atoms with Crippen LogP contribution >= 0.6 is 0 Å². The molecule has 192 valence electrons. The number of aryl methyl sites for hydroxylation is 1. The molecule has 3 aliphatic carbocycles. The summed E-state index contributed by atoms with van der Waals surface area (Å²) in [6.07, 6.45) is 11.6. The number of halogens is 3. The van der Waals surface area contributed by atoms with E-state index in [2.05, 4.69) is 6.92 Å². The summed E-state index contributed by atoms with van der Waals surface area (Å²) in [6, 6.07) is 5.42. The fourth-order valence-electron chi connectivity index (χ4n) is 6.43. The molecular formula is C30H39F3O2. The number of ether oxygens (including phenoxy) is 1. The lowest BCUT2D eigenvalue weighted by molar-refractivity contribution is -0.145. The van der Waals surface area contributed by atoms with E-state index in [1.54, 1.807) is 12.1 Å². The highest BCUT2D eigenvalue weighted by Crippen LogP contribution is 2.44. The molecule has 0 heterocycles. The highest BCUT2D eigenvalue weighted by atomic mass is 19.2. The fraction of sp³-hybridized carbons (Fsp3) is 0.633. The largest absolute Gasteiger partial charge is 0.423 e. The summed E-state index contributed by atoms with van der Waals surface area (Å²) in [7, 11) is 0. The average molecular weight is 489 g/mol. The van der Waals surface area contributed by atoms with Crippen LogP contribution in [-0.4, -0.2) is 5.97 Å². The van der Waals surface area contributed by atoms with Crippen molar-refractivity contribution in [2.45, 2.75) is 96.8 Å². The van der Waals surface area contributed by atoms with Crippen molar-refractivity contribution in [3.8, 4) is 0 Å². The van der Waals surface area contributed by atoms with Crippen molar-refractivity contribution in [1.29, 1.82) is 0 Å². The highest BCUT2D eigenvalue weighted by molar-refractivity contribution is 5.74. The maximum atomic E-state index is 15.0. The first kappa shape index (κ1) is 26.0. The van der Waals surface area contributed by atoms with E-state index >= 15 is 0 Å². The Balaban J connectivity index is 1.30. The first-order valence-electron chi connectivity index (χ1n) is 13.7. The van der Waals surface area contributed by atoms with E-state index < -0.39 is 23.5 Å². The van der Waals surface area contributed by atoms with Crippen LogP contribution in [0.5, 0.6) is 0 Å². The van der Waals surface area contributed by atoms with Crippen LogP contribution < -0.4 is 0 Å². The quantitative estimate of drug-likeness (QED) is 0.358. The van der Waals surface area contributed by atoms with Gasteiger partial charge in [-0.2, -0.15) is 4.39 Å². The molecule has 1 aromatic rings. The van der Waals surface area contributed by atoms with E-state index in [0.29, 0.717) is 43.6 Å². The van der Waals surface area contributed by atoms with E-state index in [-0.39, 0.29) is 29.3 Å². The first-order valence-corrected chi connectivity index (χ1v) is 13.7. The van der Waals surface area contributed by atoms with Crippen LogP contribution in [0.3, 0.4) is 0 Å². The number of carbonyl (C=O) groups excluding carboxylic acids is 1. The summed E-state index contributed by atoms with van der Waals surface area (Å²) >= 11 is 0. The second-order valence-electron chi connectivity index (χ2n) is 10.8. The molecule has 0 saturated heterocycles. The molecule has 0 aromatic heterocycles. The predicted octanol–water partition coefficient (Wildman–Crippen LogP) is 8.87. The molecule has 4 rings (SSSR count). The Bertz CT molecular complexity index is 950. The summed E-state index contributed by atoms with van der Waals surface area (Å²) in [5, 5.41) is 0. The molecular weight excluding hydrogens is 449 g/mol. The average Bonchev–Trinajstić information content (AvgIpc) is 2.88. The normalized spacial score (nSPS) is 29.6. The molecule has 1 atom stereocenters. The van der Waals surface area contributed by atoms with Gasteiger partial charge in [-0.05, 0) is 92.4 Å². The minimum absolute atomic E-state index is 0.0705. The molecule has 2 saturated carbocycles. The molecule has 0 bridgehead atoms. The van der Waals surface area contributed by atoms with Gasteiger partial charge in [0.2, 0.25) is 0 Å².